The van der Waals surface area contributed by atoms with Crippen LogP contribution in [0.2, 0.25) is 0 Å². The molecule has 0 aliphatic rings. The highest BCUT2D eigenvalue weighted by Crippen LogP contribution is 2.30. The van der Waals surface area contributed by atoms with Crippen LogP contribution in [-0.2, 0) is 4.79 Å². The number of carbonyl (C=O) groups is 1. The smallest absolute Gasteiger partial charge is 0.233 e. The van der Waals surface area contributed by atoms with Gasteiger partial charge in [-0.05, 0) is 39.3 Å². The summed E-state index contributed by atoms with van der Waals surface area (Å²) in [6, 6.07) is 7.44. The molecule has 1 amide bonds. The first-order valence-corrected chi connectivity index (χ1v) is 8.99. The number of benzene rings is 1. The number of nitrogens with two attached hydrogens (primary N) is 1. The van der Waals surface area contributed by atoms with Crippen molar-refractivity contribution in [3.8, 4) is 17.1 Å². The predicted octanol–water partition coefficient (Wildman–Crippen LogP) is 2.45. The summed E-state index contributed by atoms with van der Waals surface area (Å²) in [5.41, 5.74) is 0.501. The minimum atomic E-state index is -0.345. The van der Waals surface area contributed by atoms with Crippen LogP contribution < -0.4 is 15.9 Å². The topological polar surface area (TPSA) is 95.1 Å². The van der Waals surface area contributed by atoms with Crippen molar-refractivity contribution in [2.45, 2.75) is 50.1 Å². The predicted molar refractivity (Wildman–Crippen MR) is 100.0 cm³/mol. The number of hydrogen-bond donors (Lipinski definition) is 2. The highest BCUT2D eigenvalue weighted by atomic mass is 32.2. The van der Waals surface area contributed by atoms with Gasteiger partial charge in [0.05, 0.1) is 17.9 Å². The van der Waals surface area contributed by atoms with Gasteiger partial charge < -0.3 is 15.9 Å². The number of carbonyl (C=O) groups excluding carboxylic acids is 1. The SMILES string of the molecule is CCC(C)(C)NC(=O)C(C)Sc1nnc(-c2ccccc2OC)n1N. The normalized spacial score (nSPS) is 12.7. The molecule has 25 heavy (non-hydrogen) atoms. The first kappa shape index (κ1) is 19.1. The van der Waals surface area contributed by atoms with Gasteiger partial charge in [-0.3, -0.25) is 4.79 Å². The monoisotopic (exact) mass is 363 g/mol. The Morgan fingerprint density at radius 2 is 2.08 bits per heavy atom. The van der Waals surface area contributed by atoms with Gasteiger partial charge in [0.2, 0.25) is 11.1 Å². The number of ether oxygens (including phenoxy) is 1. The van der Waals surface area contributed by atoms with E-state index in [1.54, 1.807) is 7.11 Å². The molecule has 0 saturated heterocycles. The van der Waals surface area contributed by atoms with Gasteiger partial charge in [0.25, 0.3) is 0 Å². The Bertz CT molecular complexity index is 744. The van der Waals surface area contributed by atoms with E-state index in [1.807, 2.05) is 52.0 Å². The number of methoxy groups -OCH3 is 1. The van der Waals surface area contributed by atoms with E-state index in [-0.39, 0.29) is 16.7 Å². The van der Waals surface area contributed by atoms with E-state index in [9.17, 15) is 4.79 Å². The van der Waals surface area contributed by atoms with Crippen LogP contribution in [0.15, 0.2) is 29.4 Å². The summed E-state index contributed by atoms with van der Waals surface area (Å²) in [7, 11) is 1.59. The zero-order valence-electron chi connectivity index (χ0n) is 15.2. The van der Waals surface area contributed by atoms with Gasteiger partial charge in [0.15, 0.2) is 5.82 Å². The second-order valence-corrected chi connectivity index (χ2v) is 7.67. The molecule has 0 aliphatic heterocycles. The van der Waals surface area contributed by atoms with Crippen LogP contribution in [-0.4, -0.2) is 38.7 Å². The average Bonchev–Trinajstić information content (AvgIpc) is 2.95. The van der Waals surface area contributed by atoms with Crippen molar-refractivity contribution in [2.24, 2.45) is 0 Å². The average molecular weight is 363 g/mol. The van der Waals surface area contributed by atoms with E-state index in [1.165, 1.54) is 16.4 Å². The number of nitrogens with zero attached hydrogens (tertiary/aromatic N) is 3. The lowest BCUT2D eigenvalue weighted by Crippen LogP contribution is -2.46. The van der Waals surface area contributed by atoms with E-state index in [0.29, 0.717) is 16.7 Å². The molecule has 0 spiro atoms. The fraction of sp³-hybridized carbons (Fsp3) is 0.471. The van der Waals surface area contributed by atoms with Crippen molar-refractivity contribution in [1.82, 2.24) is 20.2 Å². The van der Waals surface area contributed by atoms with Gasteiger partial charge in [0.1, 0.15) is 5.75 Å². The number of nitrogens with one attached hydrogen (secondary N) is 1. The van der Waals surface area contributed by atoms with Gasteiger partial charge in [-0.25, -0.2) is 4.68 Å². The lowest BCUT2D eigenvalue weighted by atomic mass is 10.0. The molecule has 8 heteroatoms. The number of thioether (sulfide) groups is 1. The Labute approximate surface area is 152 Å². The molecule has 1 unspecified atom stereocenters. The lowest BCUT2D eigenvalue weighted by molar-refractivity contribution is -0.121. The molecule has 0 aliphatic carbocycles. The van der Waals surface area contributed by atoms with Crippen LogP contribution in [0.4, 0.5) is 0 Å². The molecular formula is C17H25N5O2S. The van der Waals surface area contributed by atoms with Crippen LogP contribution in [0.25, 0.3) is 11.4 Å². The van der Waals surface area contributed by atoms with E-state index in [0.717, 1.165) is 12.0 Å². The van der Waals surface area contributed by atoms with Crippen molar-refractivity contribution in [2.75, 3.05) is 13.0 Å². The molecule has 0 bridgehead atoms. The standard InChI is InChI=1S/C17H25N5O2S/c1-6-17(3,4)19-15(23)11(2)25-16-21-20-14(22(16)18)12-9-7-8-10-13(12)24-5/h7-11H,6,18H2,1-5H3,(H,19,23). The summed E-state index contributed by atoms with van der Waals surface area (Å²) < 4.78 is 6.73. The van der Waals surface area contributed by atoms with Crippen LogP contribution in [0.5, 0.6) is 5.75 Å². The Morgan fingerprint density at radius 1 is 1.40 bits per heavy atom. The lowest BCUT2D eigenvalue weighted by Gasteiger charge is -2.26. The number of rotatable bonds is 7. The third kappa shape index (κ3) is 4.45. The molecule has 2 aromatic rings. The molecule has 1 aromatic heterocycles. The minimum absolute atomic E-state index is 0.0568. The van der Waals surface area contributed by atoms with Crippen LogP contribution in [0, 0.1) is 0 Å². The van der Waals surface area contributed by atoms with Gasteiger partial charge in [-0.1, -0.05) is 30.8 Å². The second kappa shape index (κ2) is 7.77. The van der Waals surface area contributed by atoms with Crippen LogP contribution in [0.1, 0.15) is 34.1 Å². The number of nitrogen functional groups attached to an aromatic ring is 1. The maximum absolute atomic E-state index is 12.4. The molecule has 7 nitrogen and oxygen atoms in total. The Balaban J connectivity index is 2.17. The van der Waals surface area contributed by atoms with Gasteiger partial charge in [-0.15, -0.1) is 10.2 Å². The van der Waals surface area contributed by atoms with E-state index < -0.39 is 0 Å². The van der Waals surface area contributed by atoms with Crippen molar-refractivity contribution in [3.05, 3.63) is 24.3 Å². The maximum atomic E-state index is 12.4. The third-order valence-electron chi connectivity index (χ3n) is 4.01. The molecule has 3 N–H and O–H groups in total. The summed E-state index contributed by atoms with van der Waals surface area (Å²) in [5, 5.41) is 11.4. The van der Waals surface area contributed by atoms with E-state index in [2.05, 4.69) is 15.5 Å². The number of hydrogen-bond acceptors (Lipinski definition) is 6. The Morgan fingerprint density at radius 3 is 2.72 bits per heavy atom. The zero-order valence-corrected chi connectivity index (χ0v) is 16.1. The first-order valence-electron chi connectivity index (χ1n) is 8.11. The number of para-hydroxylation sites is 1. The Kier molecular flexibility index (Phi) is 5.94. The van der Waals surface area contributed by atoms with Crippen molar-refractivity contribution >= 4 is 17.7 Å². The molecule has 0 fully saturated rings. The highest BCUT2D eigenvalue weighted by Gasteiger charge is 2.25. The van der Waals surface area contributed by atoms with Crippen LogP contribution >= 0.6 is 11.8 Å². The molecule has 1 heterocycles. The van der Waals surface area contributed by atoms with Gasteiger partial charge in [0, 0.05) is 5.54 Å². The number of aromatic nitrogens is 3. The highest BCUT2D eigenvalue weighted by molar-refractivity contribution is 8.00. The quantitative estimate of drug-likeness (QED) is 0.579. The minimum Gasteiger partial charge on any atom is -0.496 e. The van der Waals surface area contributed by atoms with Gasteiger partial charge in [-0.2, -0.15) is 0 Å². The Hall–Kier alpha value is -2.22. The zero-order chi connectivity index (χ0) is 18.6. The summed E-state index contributed by atoms with van der Waals surface area (Å²) in [5.74, 6) is 7.24. The largest absolute Gasteiger partial charge is 0.496 e. The summed E-state index contributed by atoms with van der Waals surface area (Å²) in [6.07, 6.45) is 0.848. The second-order valence-electron chi connectivity index (χ2n) is 6.36. The van der Waals surface area contributed by atoms with Crippen molar-refractivity contribution < 1.29 is 9.53 Å². The molecule has 136 valence electrons. The summed E-state index contributed by atoms with van der Waals surface area (Å²) in [4.78, 5) is 12.4. The fourth-order valence-electron chi connectivity index (χ4n) is 2.11. The molecular weight excluding hydrogens is 338 g/mol. The van der Waals surface area contributed by atoms with Gasteiger partial charge >= 0.3 is 0 Å². The first-order chi connectivity index (χ1) is 11.8. The third-order valence-corrected chi connectivity index (χ3v) is 5.07. The molecule has 0 radical (unpaired) electrons. The number of amides is 1. The van der Waals surface area contributed by atoms with Crippen LogP contribution in [0.3, 0.4) is 0 Å². The molecule has 1 aromatic carbocycles. The van der Waals surface area contributed by atoms with Crippen molar-refractivity contribution in [3.63, 3.8) is 0 Å². The summed E-state index contributed by atoms with van der Waals surface area (Å²) in [6.45, 7) is 7.85. The molecule has 2 rings (SSSR count). The summed E-state index contributed by atoms with van der Waals surface area (Å²) >= 11 is 1.27. The fourth-order valence-corrected chi connectivity index (χ4v) is 2.88. The van der Waals surface area contributed by atoms with E-state index >= 15 is 0 Å². The van der Waals surface area contributed by atoms with Crippen molar-refractivity contribution in [1.29, 1.82) is 0 Å². The van der Waals surface area contributed by atoms with E-state index in [4.69, 9.17) is 10.6 Å². The molecule has 0 saturated carbocycles. The maximum Gasteiger partial charge on any atom is 0.233 e. The molecule has 1 atom stereocenters.